The summed E-state index contributed by atoms with van der Waals surface area (Å²) in [7, 11) is 0. The molecule has 0 saturated heterocycles. The van der Waals surface area contributed by atoms with Crippen LogP contribution in [0.15, 0.2) is 112 Å². The van der Waals surface area contributed by atoms with Crippen molar-refractivity contribution < 1.29 is 24.7 Å². The Morgan fingerprint density at radius 2 is 1.41 bits per heavy atom. The van der Waals surface area contributed by atoms with Gasteiger partial charge in [0.05, 0.1) is 28.0 Å². The lowest BCUT2D eigenvalue weighted by Gasteiger charge is -2.22. The van der Waals surface area contributed by atoms with E-state index in [1.165, 1.54) is 0 Å². The summed E-state index contributed by atoms with van der Waals surface area (Å²) < 4.78 is 71.0. The number of imidazole rings is 1. The summed E-state index contributed by atoms with van der Waals surface area (Å²) >= 11 is 0. The van der Waals surface area contributed by atoms with Gasteiger partial charge in [0, 0.05) is 24.6 Å². The maximum absolute atomic E-state index is 13.0. The van der Waals surface area contributed by atoms with Gasteiger partial charge in [-0.3, -0.25) is 4.57 Å². The summed E-state index contributed by atoms with van der Waals surface area (Å²) in [6, 6.07) is 30.1. The minimum atomic E-state index is -4.59. The minimum Gasteiger partial charge on any atom is -0.444 e. The number of alkyl halides is 3. The molecule has 6 nitrogen and oxygen atoms in total. The molecule has 0 amide bonds. The average Bonchev–Trinajstić information content (AvgIpc) is 3.83. The number of aromatic nitrogens is 4. The second kappa shape index (κ2) is 11.5. The molecule has 8 rings (SSSR count). The number of fused-ring (bicyclic) bond motifs is 4. The van der Waals surface area contributed by atoms with E-state index in [1.54, 1.807) is 24.3 Å². The normalized spacial score (nSPS) is 13.4. The summed E-state index contributed by atoms with van der Waals surface area (Å²) in [5.41, 5.74) is 6.25. The van der Waals surface area contributed by atoms with E-state index in [9.17, 15) is 13.2 Å². The van der Waals surface area contributed by atoms with Gasteiger partial charge in [0.15, 0.2) is 5.69 Å². The first-order valence-electron chi connectivity index (χ1n) is 16.8. The van der Waals surface area contributed by atoms with Crippen LogP contribution >= 0.6 is 0 Å². The minimum absolute atomic E-state index is 0.125. The molecule has 0 N–H and O–H groups in total. The number of oxazole rings is 1. The van der Waals surface area contributed by atoms with Gasteiger partial charge >= 0.3 is 6.18 Å². The Morgan fingerprint density at radius 3 is 2.10 bits per heavy atom. The first kappa shape index (κ1) is 28.3. The fraction of sp³-hybridized carbons (Fsp3) is 0.175. The Balaban J connectivity index is 1.28. The van der Waals surface area contributed by atoms with Gasteiger partial charge in [0.1, 0.15) is 17.7 Å². The average molecular weight is 659 g/mol. The van der Waals surface area contributed by atoms with Crippen molar-refractivity contribution in [1.82, 2.24) is 19.5 Å². The highest BCUT2D eigenvalue weighted by Crippen LogP contribution is 2.41. The number of hydrogen-bond donors (Lipinski definition) is 0. The van der Waals surface area contributed by atoms with Crippen molar-refractivity contribution in [3.05, 3.63) is 120 Å². The molecule has 4 aromatic carbocycles. The Kier molecular flexibility index (Phi) is 6.63. The molecule has 244 valence electrons. The zero-order valence-electron chi connectivity index (χ0n) is 29.1. The molecule has 49 heavy (non-hydrogen) atoms. The summed E-state index contributed by atoms with van der Waals surface area (Å²) in [6.45, 7) is 7.39. The van der Waals surface area contributed by atoms with E-state index in [4.69, 9.17) is 21.5 Å². The van der Waals surface area contributed by atoms with Crippen LogP contribution in [0.1, 0.15) is 59.0 Å². The van der Waals surface area contributed by atoms with E-state index in [0.29, 0.717) is 34.6 Å². The highest BCUT2D eigenvalue weighted by atomic mass is 19.4. The van der Waals surface area contributed by atoms with Gasteiger partial charge in [0.2, 0.25) is 11.6 Å². The summed E-state index contributed by atoms with van der Waals surface area (Å²) in [6.07, 6.45) is -3.99. The lowest BCUT2D eigenvalue weighted by Crippen LogP contribution is -2.08. The van der Waals surface area contributed by atoms with Crippen LogP contribution in [-0.4, -0.2) is 19.5 Å². The molecular formula is C40H31F3N4O2. The van der Waals surface area contributed by atoms with E-state index in [-0.39, 0.29) is 5.89 Å². The Morgan fingerprint density at radius 1 is 0.714 bits per heavy atom. The van der Waals surface area contributed by atoms with E-state index >= 15 is 0 Å². The van der Waals surface area contributed by atoms with Gasteiger partial charge in [-0.25, -0.2) is 15.0 Å². The van der Waals surface area contributed by atoms with Crippen molar-refractivity contribution in [2.24, 2.45) is 0 Å². The molecule has 8 aromatic rings. The SMILES string of the molecule is [2H]C(C)(C)c1cccc(C([2H])(C)C)c1-n1c(-c2cccc3c2oc2nc(-c4ccc(-c5nc(C(F)(F)F)co5)cc4)ccc23)nc2ccccc21. The van der Waals surface area contributed by atoms with Gasteiger partial charge < -0.3 is 8.83 Å². The second-order valence-electron chi connectivity index (χ2n) is 12.4. The fourth-order valence-electron chi connectivity index (χ4n) is 6.36. The third-order valence-corrected chi connectivity index (χ3v) is 8.73. The lowest BCUT2D eigenvalue weighted by atomic mass is 9.92. The predicted molar refractivity (Wildman–Crippen MR) is 186 cm³/mol. The Labute approximate surface area is 282 Å². The number of benzene rings is 4. The molecule has 0 bridgehead atoms. The Hall–Kier alpha value is -5.70. The first-order valence-corrected chi connectivity index (χ1v) is 15.8. The maximum atomic E-state index is 13.0. The van der Waals surface area contributed by atoms with E-state index in [1.807, 2.05) is 100 Å². The van der Waals surface area contributed by atoms with Crippen LogP contribution in [0.5, 0.6) is 0 Å². The molecule has 0 spiro atoms. The van der Waals surface area contributed by atoms with Gasteiger partial charge in [-0.15, -0.1) is 0 Å². The van der Waals surface area contributed by atoms with Crippen LogP contribution < -0.4 is 0 Å². The standard InChI is InChI=1S/C40H31F3N4O2/c1-22(2)26-9-7-10-27(23(3)4)35(26)47-33-14-6-5-13-32(33)44-37(47)30-12-8-11-28-29-19-20-31(45-39(29)49-36(28)30)24-15-17-25(18-16-24)38-46-34(21-48-38)40(41,42)43/h5-23H,1-4H3/i22D,23D. The zero-order valence-corrected chi connectivity index (χ0v) is 27.1. The maximum Gasteiger partial charge on any atom is 0.436 e. The first-order chi connectivity index (χ1) is 24.2. The monoisotopic (exact) mass is 658 g/mol. The predicted octanol–water partition coefficient (Wildman–Crippen LogP) is 11.6. The van der Waals surface area contributed by atoms with Crippen LogP contribution in [0.3, 0.4) is 0 Å². The second-order valence-corrected chi connectivity index (χ2v) is 12.4. The lowest BCUT2D eigenvalue weighted by molar-refractivity contribution is -0.141. The molecule has 0 unspecified atom stereocenters. The molecule has 0 aliphatic rings. The molecule has 0 radical (unpaired) electrons. The van der Waals surface area contributed by atoms with Gasteiger partial charge in [-0.05, 0) is 65.4 Å². The number of rotatable bonds is 6. The van der Waals surface area contributed by atoms with Crippen molar-refractivity contribution in [3.63, 3.8) is 0 Å². The quantitative estimate of drug-likeness (QED) is 0.178. The van der Waals surface area contributed by atoms with Gasteiger partial charge in [-0.2, -0.15) is 13.2 Å². The van der Waals surface area contributed by atoms with E-state index in [0.717, 1.165) is 49.7 Å². The summed E-state index contributed by atoms with van der Waals surface area (Å²) in [5, 5.41) is 1.64. The van der Waals surface area contributed by atoms with Crippen molar-refractivity contribution >= 4 is 33.1 Å². The third-order valence-electron chi connectivity index (χ3n) is 8.73. The summed E-state index contributed by atoms with van der Waals surface area (Å²) in [5.74, 6) is -1.48. The number of pyridine rings is 1. The molecule has 0 aliphatic heterocycles. The van der Waals surface area contributed by atoms with Crippen LogP contribution in [0.25, 0.3) is 72.9 Å². The van der Waals surface area contributed by atoms with E-state index < -0.39 is 23.7 Å². The van der Waals surface area contributed by atoms with Crippen molar-refractivity contribution in [3.8, 4) is 39.8 Å². The topological polar surface area (TPSA) is 69.9 Å². The number of furan rings is 1. The van der Waals surface area contributed by atoms with Crippen LogP contribution in [0, 0.1) is 0 Å². The van der Waals surface area contributed by atoms with Crippen molar-refractivity contribution in [2.75, 3.05) is 0 Å². The molecular weight excluding hydrogens is 625 g/mol. The smallest absolute Gasteiger partial charge is 0.436 e. The molecule has 0 fully saturated rings. The van der Waals surface area contributed by atoms with Gasteiger partial charge in [0.25, 0.3) is 0 Å². The molecule has 4 heterocycles. The fourth-order valence-corrected chi connectivity index (χ4v) is 6.36. The number of para-hydroxylation sites is 4. The molecule has 0 aliphatic carbocycles. The molecule has 9 heteroatoms. The number of hydrogen-bond acceptors (Lipinski definition) is 5. The third kappa shape index (κ3) is 5.17. The molecule has 4 aromatic heterocycles. The molecule has 0 atom stereocenters. The van der Waals surface area contributed by atoms with Crippen molar-refractivity contribution in [1.29, 1.82) is 0 Å². The van der Waals surface area contributed by atoms with Gasteiger partial charge in [-0.1, -0.05) is 82.3 Å². The molecule has 0 saturated carbocycles. The highest BCUT2D eigenvalue weighted by molar-refractivity contribution is 6.09. The summed E-state index contributed by atoms with van der Waals surface area (Å²) in [4.78, 5) is 13.5. The van der Waals surface area contributed by atoms with Crippen LogP contribution in [-0.2, 0) is 6.18 Å². The number of halogens is 3. The van der Waals surface area contributed by atoms with Crippen molar-refractivity contribution in [2.45, 2.75) is 45.7 Å². The van der Waals surface area contributed by atoms with E-state index in [2.05, 4.69) is 9.55 Å². The Bertz CT molecular complexity index is 2570. The van der Waals surface area contributed by atoms with Crippen LogP contribution in [0.4, 0.5) is 13.2 Å². The zero-order chi connectivity index (χ0) is 35.9. The highest BCUT2D eigenvalue weighted by Gasteiger charge is 2.35. The largest absolute Gasteiger partial charge is 0.444 e. The number of nitrogens with zero attached hydrogens (tertiary/aromatic N) is 4. The van der Waals surface area contributed by atoms with Crippen LogP contribution in [0.2, 0.25) is 0 Å².